The number of ether oxygens (including phenoxy) is 1. The molecule has 0 bridgehead atoms. The number of hydrogen-bond acceptors (Lipinski definition) is 3. The van der Waals surface area contributed by atoms with E-state index in [1.54, 1.807) is 0 Å². The van der Waals surface area contributed by atoms with Gasteiger partial charge < -0.3 is 9.64 Å². The first kappa shape index (κ1) is 10.6. The Kier molecular flexibility index (Phi) is 2.24. The molecule has 3 atom stereocenters. The number of amides is 1. The molecule has 0 spiro atoms. The van der Waals surface area contributed by atoms with Crippen LogP contribution >= 0.6 is 0 Å². The third-order valence-corrected chi connectivity index (χ3v) is 4.67. The lowest BCUT2D eigenvalue weighted by molar-refractivity contribution is -0.143. The number of H-pyrrole nitrogens is 1. The minimum absolute atomic E-state index is 0.175. The van der Waals surface area contributed by atoms with Crippen molar-refractivity contribution in [2.45, 2.75) is 38.5 Å². The lowest BCUT2D eigenvalue weighted by Crippen LogP contribution is -2.39. The quantitative estimate of drug-likeness (QED) is 0.807. The molecule has 5 nitrogen and oxygen atoms in total. The molecule has 3 aliphatic rings. The van der Waals surface area contributed by atoms with Crippen LogP contribution in [0.3, 0.4) is 0 Å². The number of nitrogens with one attached hydrogen (secondary N) is 1. The number of aromatic amines is 1. The van der Waals surface area contributed by atoms with Crippen molar-refractivity contribution < 1.29 is 9.53 Å². The molecule has 2 fully saturated rings. The number of aromatic nitrogens is 2. The Hall–Kier alpha value is -1.36. The maximum Gasteiger partial charge on any atom is 0.252 e. The summed E-state index contributed by atoms with van der Waals surface area (Å²) < 4.78 is 5.75. The van der Waals surface area contributed by atoms with Crippen LogP contribution in [0, 0.1) is 11.8 Å². The maximum atomic E-state index is 12.5. The van der Waals surface area contributed by atoms with Crippen molar-refractivity contribution in [2.75, 3.05) is 6.61 Å². The second kappa shape index (κ2) is 3.82. The van der Waals surface area contributed by atoms with Crippen LogP contribution in [0.1, 0.15) is 30.5 Å². The molecule has 4 rings (SSSR count). The van der Waals surface area contributed by atoms with Crippen LogP contribution in [0.25, 0.3) is 0 Å². The van der Waals surface area contributed by atoms with Gasteiger partial charge in [0.1, 0.15) is 6.10 Å². The minimum Gasteiger partial charge on any atom is -0.368 e. The van der Waals surface area contributed by atoms with E-state index in [-0.39, 0.29) is 12.0 Å². The molecule has 0 unspecified atom stereocenters. The molecule has 1 aliphatic carbocycles. The summed E-state index contributed by atoms with van der Waals surface area (Å²) in [6, 6.07) is 0. The smallest absolute Gasteiger partial charge is 0.252 e. The highest BCUT2D eigenvalue weighted by Gasteiger charge is 2.45. The Labute approximate surface area is 105 Å². The largest absolute Gasteiger partial charge is 0.368 e. The monoisotopic (exact) mass is 247 g/mol. The average Bonchev–Trinajstić information content (AvgIpc) is 3.07. The number of carbonyl (C=O) groups is 1. The third kappa shape index (κ3) is 1.43. The lowest BCUT2D eigenvalue weighted by atomic mass is 9.94. The van der Waals surface area contributed by atoms with Gasteiger partial charge in [-0.15, -0.1) is 0 Å². The summed E-state index contributed by atoms with van der Waals surface area (Å²) in [6.45, 7) is 2.12. The van der Waals surface area contributed by atoms with Gasteiger partial charge in [0.15, 0.2) is 0 Å². The fourth-order valence-corrected chi connectivity index (χ4v) is 3.68. The van der Waals surface area contributed by atoms with E-state index in [9.17, 15) is 4.79 Å². The predicted octanol–water partition coefficient (Wildman–Crippen LogP) is 1.07. The highest BCUT2D eigenvalue weighted by atomic mass is 16.5. The Morgan fingerprint density at radius 2 is 2.39 bits per heavy atom. The molecule has 1 aromatic rings. The van der Waals surface area contributed by atoms with Crippen molar-refractivity contribution in [3.63, 3.8) is 0 Å². The summed E-state index contributed by atoms with van der Waals surface area (Å²) >= 11 is 0. The molecular weight excluding hydrogens is 230 g/mol. The topological polar surface area (TPSA) is 58.2 Å². The first-order valence-electron chi connectivity index (χ1n) is 6.74. The van der Waals surface area contributed by atoms with Crippen LogP contribution in [0.5, 0.6) is 0 Å². The van der Waals surface area contributed by atoms with Gasteiger partial charge in [-0.2, -0.15) is 5.10 Å². The van der Waals surface area contributed by atoms with Crippen LogP contribution in [0.15, 0.2) is 6.20 Å². The second-order valence-corrected chi connectivity index (χ2v) is 5.68. The van der Waals surface area contributed by atoms with Gasteiger partial charge in [-0.1, -0.05) is 6.42 Å². The van der Waals surface area contributed by atoms with Gasteiger partial charge in [0.05, 0.1) is 25.0 Å². The first-order chi connectivity index (χ1) is 8.83. The zero-order valence-corrected chi connectivity index (χ0v) is 10.3. The van der Waals surface area contributed by atoms with Gasteiger partial charge in [0, 0.05) is 12.1 Å². The SMILES string of the molecule is O=C([C@@H]1OC[C@@H]2CCC[C@@H]21)N1Cc2cn[nH]c2C1. The van der Waals surface area contributed by atoms with Gasteiger partial charge in [-0.25, -0.2) is 0 Å². The highest BCUT2D eigenvalue weighted by molar-refractivity contribution is 5.82. The van der Waals surface area contributed by atoms with E-state index in [2.05, 4.69) is 10.2 Å². The summed E-state index contributed by atoms with van der Waals surface area (Å²) in [5, 5.41) is 6.95. The van der Waals surface area contributed by atoms with Crippen LogP contribution in [0.4, 0.5) is 0 Å². The Bertz CT molecular complexity index is 464. The van der Waals surface area contributed by atoms with E-state index in [1.807, 2.05) is 11.1 Å². The molecule has 1 saturated heterocycles. The molecule has 0 aromatic carbocycles. The molecular formula is C13H17N3O2. The van der Waals surface area contributed by atoms with E-state index in [0.29, 0.717) is 24.9 Å². The molecule has 3 heterocycles. The van der Waals surface area contributed by atoms with Crippen molar-refractivity contribution in [3.8, 4) is 0 Å². The molecule has 5 heteroatoms. The zero-order valence-electron chi connectivity index (χ0n) is 10.3. The van der Waals surface area contributed by atoms with Crippen LogP contribution < -0.4 is 0 Å². The van der Waals surface area contributed by atoms with Crippen LogP contribution in [-0.2, 0) is 22.6 Å². The normalized spacial score (nSPS) is 33.8. The average molecular weight is 247 g/mol. The van der Waals surface area contributed by atoms with E-state index in [4.69, 9.17) is 4.74 Å². The fourth-order valence-electron chi connectivity index (χ4n) is 3.68. The van der Waals surface area contributed by atoms with Crippen molar-refractivity contribution in [1.82, 2.24) is 15.1 Å². The number of nitrogens with zero attached hydrogens (tertiary/aromatic N) is 2. The lowest BCUT2D eigenvalue weighted by Gasteiger charge is -2.23. The molecule has 1 aromatic heterocycles. The molecule has 18 heavy (non-hydrogen) atoms. The molecule has 0 radical (unpaired) electrons. The maximum absolute atomic E-state index is 12.5. The highest BCUT2D eigenvalue weighted by Crippen LogP contribution is 2.41. The van der Waals surface area contributed by atoms with Gasteiger partial charge in [0.2, 0.25) is 0 Å². The second-order valence-electron chi connectivity index (χ2n) is 5.68. The standard InChI is InChI=1S/C13H17N3O2/c17-13(12-10-3-1-2-8(10)7-18-12)16-5-9-4-14-15-11(9)6-16/h4,8,10,12H,1-3,5-7H2,(H,14,15)/t8-,10-,12+/m0/s1. The van der Waals surface area contributed by atoms with Crippen molar-refractivity contribution >= 4 is 5.91 Å². The summed E-state index contributed by atoms with van der Waals surface area (Å²) in [7, 11) is 0. The number of carbonyl (C=O) groups excluding carboxylic acids is 1. The van der Waals surface area contributed by atoms with Gasteiger partial charge >= 0.3 is 0 Å². The van der Waals surface area contributed by atoms with Crippen molar-refractivity contribution in [1.29, 1.82) is 0 Å². The van der Waals surface area contributed by atoms with Gasteiger partial charge in [-0.3, -0.25) is 9.89 Å². The Morgan fingerprint density at radius 3 is 3.28 bits per heavy atom. The summed E-state index contributed by atoms with van der Waals surface area (Å²) in [5.74, 6) is 1.27. The fraction of sp³-hybridized carbons (Fsp3) is 0.692. The molecule has 2 aliphatic heterocycles. The minimum atomic E-state index is -0.186. The molecule has 1 amide bonds. The van der Waals surface area contributed by atoms with E-state index in [1.165, 1.54) is 12.8 Å². The van der Waals surface area contributed by atoms with Crippen LogP contribution in [-0.4, -0.2) is 33.7 Å². The van der Waals surface area contributed by atoms with E-state index < -0.39 is 0 Å². The number of fused-ring (bicyclic) bond motifs is 2. The van der Waals surface area contributed by atoms with Crippen molar-refractivity contribution in [2.24, 2.45) is 11.8 Å². The first-order valence-corrected chi connectivity index (χ1v) is 6.74. The van der Waals surface area contributed by atoms with Gasteiger partial charge in [0.25, 0.3) is 5.91 Å². The molecule has 1 N–H and O–H groups in total. The Balaban J connectivity index is 1.50. The summed E-state index contributed by atoms with van der Waals surface area (Å²) in [4.78, 5) is 14.4. The van der Waals surface area contributed by atoms with Crippen molar-refractivity contribution in [3.05, 3.63) is 17.5 Å². The number of hydrogen-bond donors (Lipinski definition) is 1. The van der Waals surface area contributed by atoms with Gasteiger partial charge in [-0.05, 0) is 24.7 Å². The summed E-state index contributed by atoms with van der Waals surface area (Å²) in [5.41, 5.74) is 2.22. The molecule has 1 saturated carbocycles. The molecule has 96 valence electrons. The van der Waals surface area contributed by atoms with E-state index in [0.717, 1.165) is 24.3 Å². The van der Waals surface area contributed by atoms with Crippen LogP contribution in [0.2, 0.25) is 0 Å². The zero-order chi connectivity index (χ0) is 12.1. The van der Waals surface area contributed by atoms with E-state index >= 15 is 0 Å². The Morgan fingerprint density at radius 1 is 1.44 bits per heavy atom. The third-order valence-electron chi connectivity index (χ3n) is 4.67. The predicted molar refractivity (Wildman–Crippen MR) is 63.4 cm³/mol. The number of rotatable bonds is 1. The summed E-state index contributed by atoms with van der Waals surface area (Å²) in [6.07, 6.45) is 5.27.